The minimum atomic E-state index is -0.223. The minimum absolute atomic E-state index is 0. The maximum atomic E-state index is 11.6. The van der Waals surface area contributed by atoms with Crippen molar-refractivity contribution in [2.24, 2.45) is 22.6 Å². The number of amides is 1. The van der Waals surface area contributed by atoms with Crippen LogP contribution in [0.5, 0.6) is 0 Å². The van der Waals surface area contributed by atoms with Crippen molar-refractivity contribution in [1.82, 2.24) is 15.6 Å². The summed E-state index contributed by atoms with van der Waals surface area (Å²) in [5.74, 6) is 2.10. The molecule has 0 radical (unpaired) electrons. The zero-order chi connectivity index (χ0) is 21.2. The van der Waals surface area contributed by atoms with Crippen LogP contribution in [0, 0.1) is 11.8 Å². The zero-order valence-electron chi connectivity index (χ0n) is 18.9. The Morgan fingerprint density at radius 2 is 2.13 bits per heavy atom. The first-order valence-corrected chi connectivity index (χ1v) is 10.9. The molecule has 0 spiro atoms. The highest BCUT2D eigenvalue weighted by molar-refractivity contribution is 14.0. The Morgan fingerprint density at radius 1 is 1.37 bits per heavy atom. The fourth-order valence-corrected chi connectivity index (χ4v) is 3.61. The van der Waals surface area contributed by atoms with Crippen molar-refractivity contribution in [2.45, 2.75) is 66.0 Å². The van der Waals surface area contributed by atoms with Gasteiger partial charge in [0.05, 0.1) is 12.5 Å². The molecular weight excluding hydrogens is 491 g/mol. The van der Waals surface area contributed by atoms with Crippen LogP contribution in [0.25, 0.3) is 0 Å². The third kappa shape index (κ3) is 8.65. The molecule has 1 aromatic rings. The van der Waals surface area contributed by atoms with E-state index in [4.69, 9.17) is 10.7 Å². The minimum Gasteiger partial charge on any atom is -0.369 e. The van der Waals surface area contributed by atoms with Gasteiger partial charge in [0.15, 0.2) is 5.96 Å². The predicted octanol–water partition coefficient (Wildman–Crippen LogP) is 3.28. The molecule has 0 saturated carbocycles. The largest absolute Gasteiger partial charge is 0.369 e. The maximum absolute atomic E-state index is 11.6. The van der Waals surface area contributed by atoms with Crippen molar-refractivity contribution in [2.75, 3.05) is 24.5 Å². The van der Waals surface area contributed by atoms with Crippen LogP contribution in [-0.2, 0) is 11.3 Å². The van der Waals surface area contributed by atoms with Crippen LogP contribution in [0.2, 0.25) is 0 Å². The van der Waals surface area contributed by atoms with E-state index in [2.05, 4.69) is 54.3 Å². The number of pyridine rings is 1. The van der Waals surface area contributed by atoms with Gasteiger partial charge in [-0.15, -0.1) is 24.0 Å². The van der Waals surface area contributed by atoms with Crippen LogP contribution in [0.15, 0.2) is 23.3 Å². The number of rotatable bonds is 9. The molecule has 1 fully saturated rings. The molecule has 1 saturated heterocycles. The summed E-state index contributed by atoms with van der Waals surface area (Å²) >= 11 is 0. The zero-order valence-corrected chi connectivity index (χ0v) is 21.2. The highest BCUT2D eigenvalue weighted by Crippen LogP contribution is 2.25. The number of aromatic nitrogens is 1. The third-order valence-electron chi connectivity index (χ3n) is 5.30. The number of primary amides is 1. The molecule has 1 aromatic heterocycles. The second-order valence-corrected chi connectivity index (χ2v) is 8.39. The Balaban J connectivity index is 0.00000450. The summed E-state index contributed by atoms with van der Waals surface area (Å²) in [5, 5.41) is 6.84. The first-order chi connectivity index (χ1) is 13.9. The van der Waals surface area contributed by atoms with Gasteiger partial charge in [-0.2, -0.15) is 0 Å². The first-order valence-electron chi connectivity index (χ1n) is 10.9. The molecule has 1 aliphatic rings. The van der Waals surface area contributed by atoms with Crippen LogP contribution in [0.4, 0.5) is 5.82 Å². The number of aliphatic imine (C=N–C) groups is 1. The van der Waals surface area contributed by atoms with Crippen molar-refractivity contribution in [3.63, 3.8) is 0 Å². The SMILES string of the molecule is CCNC(=NCc1cccnc1N1CCCC(C(N)=O)C1)NC(C)CCC(C)C.I. The highest BCUT2D eigenvalue weighted by atomic mass is 127. The van der Waals surface area contributed by atoms with Gasteiger partial charge in [-0.3, -0.25) is 4.79 Å². The molecule has 2 atom stereocenters. The summed E-state index contributed by atoms with van der Waals surface area (Å²) in [7, 11) is 0. The molecule has 8 heteroatoms. The lowest BCUT2D eigenvalue weighted by Crippen LogP contribution is -2.42. The molecule has 170 valence electrons. The Morgan fingerprint density at radius 3 is 2.80 bits per heavy atom. The van der Waals surface area contributed by atoms with Crippen molar-refractivity contribution < 1.29 is 4.79 Å². The Kier molecular flexibility index (Phi) is 12.1. The number of halogens is 1. The second kappa shape index (κ2) is 13.7. The first kappa shape index (κ1) is 26.5. The van der Waals surface area contributed by atoms with Gasteiger partial charge < -0.3 is 21.3 Å². The summed E-state index contributed by atoms with van der Waals surface area (Å²) in [4.78, 5) is 23.2. The maximum Gasteiger partial charge on any atom is 0.222 e. The number of guanidine groups is 1. The number of nitrogens with two attached hydrogens (primary N) is 1. The van der Waals surface area contributed by atoms with E-state index in [-0.39, 0.29) is 35.8 Å². The summed E-state index contributed by atoms with van der Waals surface area (Å²) in [6.07, 6.45) is 5.91. The fraction of sp³-hybridized carbons (Fsp3) is 0.682. The van der Waals surface area contributed by atoms with Gasteiger partial charge in [0.25, 0.3) is 0 Å². The molecule has 2 rings (SSSR count). The second-order valence-electron chi connectivity index (χ2n) is 8.39. The molecule has 7 nitrogen and oxygen atoms in total. The Bertz CT molecular complexity index is 681. The van der Waals surface area contributed by atoms with E-state index < -0.39 is 0 Å². The lowest BCUT2D eigenvalue weighted by molar-refractivity contribution is -0.122. The fourth-order valence-electron chi connectivity index (χ4n) is 3.61. The molecule has 4 N–H and O–H groups in total. The summed E-state index contributed by atoms with van der Waals surface area (Å²) in [5.41, 5.74) is 6.60. The quantitative estimate of drug-likeness (QED) is 0.259. The lowest BCUT2D eigenvalue weighted by Gasteiger charge is -2.33. The molecule has 1 aliphatic heterocycles. The molecule has 2 unspecified atom stereocenters. The summed E-state index contributed by atoms with van der Waals surface area (Å²) in [6, 6.07) is 4.36. The number of carbonyl (C=O) groups is 1. The van der Waals surface area contributed by atoms with Gasteiger partial charge in [0.1, 0.15) is 5.82 Å². The molecule has 0 bridgehead atoms. The van der Waals surface area contributed by atoms with Gasteiger partial charge >= 0.3 is 0 Å². The van der Waals surface area contributed by atoms with Crippen LogP contribution >= 0.6 is 24.0 Å². The normalized spacial score (nSPS) is 18.0. The highest BCUT2D eigenvalue weighted by Gasteiger charge is 2.25. The number of piperidine rings is 1. The van der Waals surface area contributed by atoms with E-state index in [1.165, 1.54) is 6.42 Å². The molecule has 2 heterocycles. The summed E-state index contributed by atoms with van der Waals surface area (Å²) < 4.78 is 0. The smallest absolute Gasteiger partial charge is 0.222 e. The van der Waals surface area contributed by atoms with E-state index in [0.717, 1.165) is 49.7 Å². The van der Waals surface area contributed by atoms with Crippen LogP contribution in [0.1, 0.15) is 58.9 Å². The van der Waals surface area contributed by atoms with E-state index in [0.29, 0.717) is 25.0 Å². The number of hydrogen-bond donors (Lipinski definition) is 3. The third-order valence-corrected chi connectivity index (χ3v) is 5.30. The van der Waals surface area contributed by atoms with E-state index in [1.807, 2.05) is 6.07 Å². The van der Waals surface area contributed by atoms with E-state index in [9.17, 15) is 4.79 Å². The van der Waals surface area contributed by atoms with E-state index >= 15 is 0 Å². The number of carbonyl (C=O) groups excluding carboxylic acids is 1. The van der Waals surface area contributed by atoms with Gasteiger partial charge in [0, 0.05) is 37.4 Å². The van der Waals surface area contributed by atoms with E-state index in [1.54, 1.807) is 6.20 Å². The van der Waals surface area contributed by atoms with Gasteiger partial charge in [-0.1, -0.05) is 19.9 Å². The average Bonchev–Trinajstić information content (AvgIpc) is 2.71. The van der Waals surface area contributed by atoms with Crippen molar-refractivity contribution in [3.05, 3.63) is 23.9 Å². The van der Waals surface area contributed by atoms with Crippen LogP contribution in [0.3, 0.4) is 0 Å². The number of anilines is 1. The van der Waals surface area contributed by atoms with Crippen molar-refractivity contribution >= 4 is 41.7 Å². The monoisotopic (exact) mass is 530 g/mol. The predicted molar refractivity (Wildman–Crippen MR) is 135 cm³/mol. The summed E-state index contributed by atoms with van der Waals surface area (Å²) in [6.45, 7) is 11.6. The number of nitrogens with one attached hydrogen (secondary N) is 2. The van der Waals surface area contributed by atoms with Crippen LogP contribution < -0.4 is 21.3 Å². The molecule has 1 amide bonds. The van der Waals surface area contributed by atoms with Gasteiger partial charge in [-0.25, -0.2) is 9.98 Å². The van der Waals surface area contributed by atoms with Crippen molar-refractivity contribution in [1.29, 1.82) is 0 Å². The van der Waals surface area contributed by atoms with Gasteiger partial charge in [-0.05, 0) is 51.5 Å². The number of hydrogen-bond acceptors (Lipinski definition) is 4. The standard InChI is InChI=1S/C22H38N6O.HI/c1-5-24-22(27-17(4)11-10-16(2)3)26-14-18-8-6-12-25-21(18)28-13-7-9-19(15-28)20(23)29;/h6,8,12,16-17,19H,5,7,9-11,13-15H2,1-4H3,(H2,23,29)(H2,24,26,27);1H. The molecule has 0 aliphatic carbocycles. The molecule has 30 heavy (non-hydrogen) atoms. The van der Waals surface area contributed by atoms with Crippen molar-refractivity contribution in [3.8, 4) is 0 Å². The lowest BCUT2D eigenvalue weighted by atomic mass is 9.97. The van der Waals surface area contributed by atoms with Gasteiger partial charge in [0.2, 0.25) is 5.91 Å². The molecular formula is C22H39IN6O. The Hall–Kier alpha value is -1.58. The number of nitrogens with zero attached hydrogens (tertiary/aromatic N) is 3. The Labute approximate surface area is 198 Å². The topological polar surface area (TPSA) is 95.6 Å². The van der Waals surface area contributed by atoms with Crippen LogP contribution in [-0.4, -0.2) is 42.5 Å². The molecule has 0 aromatic carbocycles. The average molecular weight is 530 g/mol.